The van der Waals surface area contributed by atoms with Crippen LogP contribution in [-0.4, -0.2) is 56.9 Å². The van der Waals surface area contributed by atoms with Gasteiger partial charge in [0, 0.05) is 43.9 Å². The lowest BCUT2D eigenvalue weighted by molar-refractivity contribution is -0.132. The number of nitrogens with zero attached hydrogens (tertiary/aromatic N) is 5. The first-order valence-electron chi connectivity index (χ1n) is 9.77. The number of anilines is 3. The lowest BCUT2D eigenvalue weighted by Gasteiger charge is -2.35. The number of amides is 1. The summed E-state index contributed by atoms with van der Waals surface area (Å²) in [6, 6.07) is 9.86. The van der Waals surface area contributed by atoms with E-state index in [0.29, 0.717) is 17.8 Å². The first kappa shape index (κ1) is 17.0. The molecule has 28 heavy (non-hydrogen) atoms. The fraction of sp³-hybridized carbons (Fsp3) is 0.400. The van der Waals surface area contributed by atoms with Gasteiger partial charge < -0.3 is 14.8 Å². The Labute approximate surface area is 163 Å². The topological polar surface area (TPSA) is 90.0 Å². The van der Waals surface area contributed by atoms with E-state index < -0.39 is 0 Å². The van der Waals surface area contributed by atoms with Gasteiger partial charge in [0.15, 0.2) is 0 Å². The highest BCUT2D eigenvalue weighted by atomic mass is 16.2. The summed E-state index contributed by atoms with van der Waals surface area (Å²) >= 11 is 0. The van der Waals surface area contributed by atoms with Gasteiger partial charge in [-0.2, -0.15) is 4.98 Å². The monoisotopic (exact) mass is 377 g/mol. The van der Waals surface area contributed by atoms with E-state index in [1.807, 2.05) is 42.2 Å². The van der Waals surface area contributed by atoms with Crippen molar-refractivity contribution in [3.63, 3.8) is 0 Å². The van der Waals surface area contributed by atoms with Crippen molar-refractivity contribution in [2.24, 2.45) is 5.92 Å². The number of carbonyl (C=O) groups is 1. The van der Waals surface area contributed by atoms with E-state index in [1.54, 1.807) is 0 Å². The van der Waals surface area contributed by atoms with Gasteiger partial charge in [0.2, 0.25) is 17.8 Å². The predicted molar refractivity (Wildman–Crippen MR) is 108 cm³/mol. The summed E-state index contributed by atoms with van der Waals surface area (Å²) in [5, 5.41) is 3.18. The summed E-state index contributed by atoms with van der Waals surface area (Å²) in [5.74, 6) is 2.63. The fourth-order valence-corrected chi connectivity index (χ4v) is 3.63. The van der Waals surface area contributed by atoms with Gasteiger partial charge in [0.25, 0.3) is 0 Å². The van der Waals surface area contributed by atoms with Crippen LogP contribution in [0.5, 0.6) is 0 Å². The number of nitrogens with one attached hydrogen (secondary N) is 2. The number of imidazole rings is 1. The van der Waals surface area contributed by atoms with E-state index in [4.69, 9.17) is 0 Å². The highest BCUT2D eigenvalue weighted by molar-refractivity contribution is 5.81. The van der Waals surface area contributed by atoms with Crippen LogP contribution < -0.4 is 10.2 Å². The number of piperazine rings is 1. The Balaban J connectivity index is 1.31. The average Bonchev–Trinajstić information content (AvgIpc) is 3.47. The van der Waals surface area contributed by atoms with Crippen molar-refractivity contribution < 1.29 is 4.79 Å². The molecule has 2 aliphatic rings. The highest BCUT2D eigenvalue weighted by Gasteiger charge is 2.34. The van der Waals surface area contributed by atoms with E-state index in [1.165, 1.54) is 0 Å². The third-order valence-electron chi connectivity index (χ3n) is 5.30. The Hall–Kier alpha value is -3.16. The van der Waals surface area contributed by atoms with Crippen LogP contribution in [0, 0.1) is 12.8 Å². The van der Waals surface area contributed by atoms with Crippen LogP contribution in [0.3, 0.4) is 0 Å². The molecule has 8 nitrogen and oxygen atoms in total. The smallest absolute Gasteiger partial charge is 0.231 e. The molecular formula is C20H23N7O. The molecule has 3 heterocycles. The average molecular weight is 377 g/mol. The number of para-hydroxylation sites is 2. The third-order valence-corrected chi connectivity index (χ3v) is 5.30. The van der Waals surface area contributed by atoms with Crippen LogP contribution in [-0.2, 0) is 4.79 Å². The first-order chi connectivity index (χ1) is 13.7. The summed E-state index contributed by atoms with van der Waals surface area (Å²) in [6.45, 7) is 5.05. The van der Waals surface area contributed by atoms with Gasteiger partial charge in [-0.15, -0.1) is 0 Å². The molecule has 144 valence electrons. The van der Waals surface area contributed by atoms with Gasteiger partial charge in [0.05, 0.1) is 11.0 Å². The Kier molecular flexibility index (Phi) is 4.11. The Morgan fingerprint density at radius 2 is 1.89 bits per heavy atom. The van der Waals surface area contributed by atoms with Crippen molar-refractivity contribution in [3.8, 4) is 0 Å². The van der Waals surface area contributed by atoms with Crippen molar-refractivity contribution in [2.45, 2.75) is 19.8 Å². The molecule has 0 radical (unpaired) electrons. The second-order valence-electron chi connectivity index (χ2n) is 7.51. The second-order valence-corrected chi connectivity index (χ2v) is 7.51. The normalized spacial score (nSPS) is 17.2. The van der Waals surface area contributed by atoms with E-state index >= 15 is 0 Å². The molecule has 0 spiro atoms. The van der Waals surface area contributed by atoms with Gasteiger partial charge in [-0.05, 0) is 31.9 Å². The van der Waals surface area contributed by atoms with Gasteiger partial charge in [-0.3, -0.25) is 10.1 Å². The summed E-state index contributed by atoms with van der Waals surface area (Å²) < 4.78 is 0. The van der Waals surface area contributed by atoms with Gasteiger partial charge >= 0.3 is 0 Å². The molecule has 1 aromatic carbocycles. The minimum atomic E-state index is 0.285. The number of aromatic amines is 1. The zero-order valence-corrected chi connectivity index (χ0v) is 15.9. The number of rotatable bonds is 4. The standard InChI is InChI=1S/C20H23N7O/c1-13-12-17(26-8-10-27(11-9-26)18(28)14-6-7-14)24-19(21-13)25-20-22-15-4-2-3-5-16(15)23-20/h2-5,12,14H,6-11H2,1H3,(H2,21,22,23,24,25). The SMILES string of the molecule is Cc1cc(N2CCN(C(=O)C3CC3)CC2)nc(Nc2nc3ccccc3[nH]2)n1. The number of carbonyl (C=O) groups excluding carboxylic acids is 1. The number of hydrogen-bond donors (Lipinski definition) is 2. The van der Waals surface area contributed by atoms with Gasteiger partial charge in [-0.1, -0.05) is 12.1 Å². The maximum Gasteiger partial charge on any atom is 0.231 e. The van der Waals surface area contributed by atoms with Crippen molar-refractivity contribution >= 4 is 34.7 Å². The molecule has 0 unspecified atom stereocenters. The fourth-order valence-electron chi connectivity index (χ4n) is 3.63. The maximum atomic E-state index is 12.3. The third kappa shape index (κ3) is 3.37. The van der Waals surface area contributed by atoms with E-state index in [9.17, 15) is 4.79 Å². The second kappa shape index (κ2) is 6.78. The lowest BCUT2D eigenvalue weighted by atomic mass is 10.2. The van der Waals surface area contributed by atoms with Crippen molar-refractivity contribution in [3.05, 3.63) is 36.0 Å². The molecule has 0 bridgehead atoms. The molecule has 1 aliphatic carbocycles. The molecule has 1 aliphatic heterocycles. The van der Waals surface area contributed by atoms with Crippen molar-refractivity contribution in [1.82, 2.24) is 24.8 Å². The number of benzene rings is 1. The zero-order chi connectivity index (χ0) is 19.1. The number of H-pyrrole nitrogens is 1. The number of fused-ring (bicyclic) bond motifs is 1. The largest absolute Gasteiger partial charge is 0.353 e. The van der Waals surface area contributed by atoms with Crippen LogP contribution in [0.1, 0.15) is 18.5 Å². The molecule has 2 N–H and O–H groups in total. The van der Waals surface area contributed by atoms with Crippen LogP contribution >= 0.6 is 0 Å². The van der Waals surface area contributed by atoms with Crippen LogP contribution in [0.15, 0.2) is 30.3 Å². The summed E-state index contributed by atoms with van der Waals surface area (Å²) in [6.07, 6.45) is 2.11. The van der Waals surface area contributed by atoms with E-state index in [0.717, 1.165) is 61.6 Å². The molecule has 2 aromatic heterocycles. The molecule has 0 atom stereocenters. The summed E-state index contributed by atoms with van der Waals surface area (Å²) in [7, 11) is 0. The minimum Gasteiger partial charge on any atom is -0.353 e. The Bertz CT molecular complexity index is 985. The van der Waals surface area contributed by atoms with Gasteiger partial charge in [0.1, 0.15) is 5.82 Å². The van der Waals surface area contributed by atoms with E-state index in [-0.39, 0.29) is 5.92 Å². The van der Waals surface area contributed by atoms with E-state index in [2.05, 4.69) is 30.2 Å². The quantitative estimate of drug-likeness (QED) is 0.726. The molecule has 2 fully saturated rings. The molecule has 3 aromatic rings. The predicted octanol–water partition coefficient (Wildman–Crippen LogP) is 2.46. The van der Waals surface area contributed by atoms with Crippen molar-refractivity contribution in [2.75, 3.05) is 36.4 Å². The molecule has 1 saturated carbocycles. The lowest BCUT2D eigenvalue weighted by Crippen LogP contribution is -2.49. The molecule has 1 saturated heterocycles. The Morgan fingerprint density at radius 3 is 2.64 bits per heavy atom. The summed E-state index contributed by atoms with van der Waals surface area (Å²) in [5.41, 5.74) is 2.75. The maximum absolute atomic E-state index is 12.3. The van der Waals surface area contributed by atoms with Crippen LogP contribution in [0.4, 0.5) is 17.7 Å². The Morgan fingerprint density at radius 1 is 1.11 bits per heavy atom. The number of aryl methyl sites for hydroxylation is 1. The first-order valence-corrected chi connectivity index (χ1v) is 9.77. The number of aromatic nitrogens is 4. The zero-order valence-electron chi connectivity index (χ0n) is 15.9. The van der Waals surface area contributed by atoms with Gasteiger partial charge in [-0.25, -0.2) is 9.97 Å². The van der Waals surface area contributed by atoms with Crippen molar-refractivity contribution in [1.29, 1.82) is 0 Å². The molecule has 1 amide bonds. The molecule has 5 rings (SSSR count). The molecule has 8 heteroatoms. The summed E-state index contributed by atoms with van der Waals surface area (Å²) in [4.78, 5) is 33.4. The highest BCUT2D eigenvalue weighted by Crippen LogP contribution is 2.31. The van der Waals surface area contributed by atoms with Crippen LogP contribution in [0.2, 0.25) is 0 Å². The number of hydrogen-bond acceptors (Lipinski definition) is 6. The van der Waals surface area contributed by atoms with Crippen LogP contribution in [0.25, 0.3) is 11.0 Å². The minimum absolute atomic E-state index is 0.285. The molecular weight excluding hydrogens is 354 g/mol.